The largest absolute Gasteiger partial charge is 0.507 e. The van der Waals surface area contributed by atoms with Crippen LogP contribution in [0.25, 0.3) is 0 Å². The summed E-state index contributed by atoms with van der Waals surface area (Å²) in [6, 6.07) is 4.28. The van der Waals surface area contributed by atoms with Crippen molar-refractivity contribution in [3.05, 3.63) is 29.3 Å². The summed E-state index contributed by atoms with van der Waals surface area (Å²) in [4.78, 5) is 20.5. The van der Waals surface area contributed by atoms with Gasteiger partial charge in [-0.3, -0.25) is 9.59 Å². The van der Waals surface area contributed by atoms with Gasteiger partial charge in [0.05, 0.1) is 5.56 Å². The first-order valence-corrected chi connectivity index (χ1v) is 4.12. The maximum atomic E-state index is 10.4. The maximum absolute atomic E-state index is 10.4. The summed E-state index contributed by atoms with van der Waals surface area (Å²) in [7, 11) is 0. The Labute approximate surface area is 86.2 Å². The van der Waals surface area contributed by atoms with Crippen molar-refractivity contribution >= 4 is 12.3 Å². The molecule has 0 aliphatic heterocycles. The lowest BCUT2D eigenvalue weighted by molar-refractivity contribution is -0.135. The first kappa shape index (κ1) is 10.8. The summed E-state index contributed by atoms with van der Waals surface area (Å²) in [6.07, 6.45) is 0.278. The van der Waals surface area contributed by atoms with Gasteiger partial charge in [-0.25, -0.2) is 0 Å². The van der Waals surface area contributed by atoms with E-state index in [9.17, 15) is 14.7 Å². The number of rotatable bonds is 2. The third-order valence-electron chi connectivity index (χ3n) is 1.63. The average Bonchev–Trinajstić information content (AvgIpc) is 2.17. The molecule has 2 N–H and O–H groups in total. The van der Waals surface area contributed by atoms with E-state index in [-0.39, 0.29) is 17.7 Å². The number of carbonyl (C=O) groups excluding carboxylic acids is 1. The van der Waals surface area contributed by atoms with E-state index in [0.717, 1.165) is 0 Å². The van der Waals surface area contributed by atoms with Gasteiger partial charge in [0, 0.05) is 5.56 Å². The van der Waals surface area contributed by atoms with Gasteiger partial charge in [0.2, 0.25) is 0 Å². The standard InChI is InChI=1S/C11H8O4/c12-7-9-5-4-8(6-10(9)13)2-1-3-11(14)15/h4-7,13H,3H2,(H,14,15). The second kappa shape index (κ2) is 4.82. The number of aldehydes is 1. The molecule has 1 rings (SSSR count). The highest BCUT2D eigenvalue weighted by molar-refractivity contribution is 5.79. The molecule has 76 valence electrons. The Balaban J connectivity index is 2.87. The van der Waals surface area contributed by atoms with Gasteiger partial charge >= 0.3 is 5.97 Å². The molecule has 1 aromatic carbocycles. The number of carboxylic acids is 1. The van der Waals surface area contributed by atoms with Crippen molar-refractivity contribution in [1.29, 1.82) is 0 Å². The SMILES string of the molecule is O=Cc1ccc(C#CCC(=O)O)cc1O. The minimum absolute atomic E-state index is 0.160. The number of aliphatic carboxylic acids is 1. The van der Waals surface area contributed by atoms with Crippen LogP contribution in [-0.4, -0.2) is 22.5 Å². The second-order valence-electron chi connectivity index (χ2n) is 2.76. The molecule has 0 aromatic heterocycles. The number of hydrogen-bond acceptors (Lipinski definition) is 3. The lowest BCUT2D eigenvalue weighted by Gasteiger charge is -1.96. The molecular weight excluding hydrogens is 196 g/mol. The second-order valence-corrected chi connectivity index (χ2v) is 2.76. The highest BCUT2D eigenvalue weighted by Gasteiger charge is 1.99. The molecule has 0 bridgehead atoms. The summed E-state index contributed by atoms with van der Waals surface area (Å²) >= 11 is 0. The predicted molar refractivity (Wildman–Crippen MR) is 52.6 cm³/mol. The number of hydrogen-bond donors (Lipinski definition) is 2. The Morgan fingerprint density at radius 3 is 2.73 bits per heavy atom. The first-order valence-electron chi connectivity index (χ1n) is 4.12. The molecule has 4 nitrogen and oxygen atoms in total. The summed E-state index contributed by atoms with van der Waals surface area (Å²) in [5, 5.41) is 17.6. The molecule has 0 amide bonds. The van der Waals surface area contributed by atoms with Gasteiger partial charge in [0.15, 0.2) is 6.29 Å². The first-order chi connectivity index (χ1) is 7.13. The molecule has 0 aliphatic rings. The zero-order chi connectivity index (χ0) is 11.3. The van der Waals surface area contributed by atoms with Crippen LogP contribution in [0, 0.1) is 11.8 Å². The molecule has 0 spiro atoms. The molecule has 0 heterocycles. The van der Waals surface area contributed by atoms with E-state index in [2.05, 4.69) is 11.8 Å². The van der Waals surface area contributed by atoms with Crippen LogP contribution in [-0.2, 0) is 4.79 Å². The summed E-state index contributed by atoms with van der Waals surface area (Å²) < 4.78 is 0. The fourth-order valence-electron chi connectivity index (χ4n) is 0.943. The van der Waals surface area contributed by atoms with Crippen molar-refractivity contribution in [2.75, 3.05) is 0 Å². The highest BCUT2D eigenvalue weighted by Crippen LogP contribution is 2.15. The number of phenolic OH excluding ortho intramolecular Hbond substituents is 1. The van der Waals surface area contributed by atoms with Crippen LogP contribution >= 0.6 is 0 Å². The zero-order valence-corrected chi connectivity index (χ0v) is 7.73. The van der Waals surface area contributed by atoms with Gasteiger partial charge < -0.3 is 10.2 Å². The van der Waals surface area contributed by atoms with Crippen molar-refractivity contribution in [3.63, 3.8) is 0 Å². The fraction of sp³-hybridized carbons (Fsp3) is 0.0909. The Kier molecular flexibility index (Phi) is 3.47. The number of phenols is 1. The maximum Gasteiger partial charge on any atom is 0.315 e. The lowest BCUT2D eigenvalue weighted by Crippen LogP contribution is -1.90. The van der Waals surface area contributed by atoms with E-state index in [0.29, 0.717) is 11.8 Å². The van der Waals surface area contributed by atoms with Crippen molar-refractivity contribution < 1.29 is 19.8 Å². The molecule has 0 saturated carbocycles. The van der Waals surface area contributed by atoms with Gasteiger partial charge in [0.1, 0.15) is 12.2 Å². The van der Waals surface area contributed by atoms with Crippen LogP contribution in [0.3, 0.4) is 0 Å². The van der Waals surface area contributed by atoms with Crippen LogP contribution in [0.4, 0.5) is 0 Å². The van der Waals surface area contributed by atoms with Crippen LogP contribution < -0.4 is 0 Å². The minimum Gasteiger partial charge on any atom is -0.507 e. The van der Waals surface area contributed by atoms with Gasteiger partial charge in [-0.2, -0.15) is 0 Å². The molecule has 0 unspecified atom stereocenters. The van der Waals surface area contributed by atoms with E-state index in [4.69, 9.17) is 5.11 Å². The van der Waals surface area contributed by atoms with E-state index < -0.39 is 5.97 Å². The van der Waals surface area contributed by atoms with Crippen molar-refractivity contribution in [1.82, 2.24) is 0 Å². The van der Waals surface area contributed by atoms with E-state index in [1.165, 1.54) is 18.2 Å². The van der Waals surface area contributed by atoms with Crippen molar-refractivity contribution in [3.8, 4) is 17.6 Å². The van der Waals surface area contributed by atoms with E-state index in [1.807, 2.05) is 0 Å². The quantitative estimate of drug-likeness (QED) is 0.557. The average molecular weight is 204 g/mol. The van der Waals surface area contributed by atoms with Crippen molar-refractivity contribution in [2.24, 2.45) is 0 Å². The van der Waals surface area contributed by atoms with Gasteiger partial charge in [0.25, 0.3) is 0 Å². The molecule has 4 heteroatoms. The van der Waals surface area contributed by atoms with Crippen LogP contribution in [0.15, 0.2) is 18.2 Å². The lowest BCUT2D eigenvalue weighted by atomic mass is 10.1. The van der Waals surface area contributed by atoms with Gasteiger partial charge in [-0.15, -0.1) is 0 Å². The number of carbonyl (C=O) groups is 2. The Morgan fingerprint density at radius 2 is 2.20 bits per heavy atom. The molecule has 0 atom stereocenters. The van der Waals surface area contributed by atoms with Crippen molar-refractivity contribution in [2.45, 2.75) is 6.42 Å². The molecular formula is C11H8O4. The molecule has 0 radical (unpaired) electrons. The number of aromatic hydroxyl groups is 1. The van der Waals surface area contributed by atoms with Crippen LogP contribution in [0.1, 0.15) is 22.3 Å². The van der Waals surface area contributed by atoms with Gasteiger partial charge in [-0.05, 0) is 18.2 Å². The van der Waals surface area contributed by atoms with Crippen LogP contribution in [0.5, 0.6) is 5.75 Å². The smallest absolute Gasteiger partial charge is 0.315 e. The molecule has 0 aliphatic carbocycles. The predicted octanol–water partition coefficient (Wildman–Crippen LogP) is 1.03. The highest BCUT2D eigenvalue weighted by atomic mass is 16.4. The molecule has 1 aromatic rings. The third kappa shape index (κ3) is 3.16. The molecule has 0 fully saturated rings. The Bertz CT molecular complexity index is 451. The van der Waals surface area contributed by atoms with Crippen LogP contribution in [0.2, 0.25) is 0 Å². The van der Waals surface area contributed by atoms with E-state index >= 15 is 0 Å². The van der Waals surface area contributed by atoms with Gasteiger partial charge in [-0.1, -0.05) is 11.8 Å². The third-order valence-corrected chi connectivity index (χ3v) is 1.63. The fourth-order valence-corrected chi connectivity index (χ4v) is 0.943. The van der Waals surface area contributed by atoms with E-state index in [1.54, 1.807) is 0 Å². The topological polar surface area (TPSA) is 74.6 Å². The monoisotopic (exact) mass is 204 g/mol. The summed E-state index contributed by atoms with van der Waals surface area (Å²) in [5.41, 5.74) is 0.651. The minimum atomic E-state index is -1.00. The normalized spacial score (nSPS) is 8.80. The summed E-state index contributed by atoms with van der Waals surface area (Å²) in [5.74, 6) is 3.81. The number of carboxylic acid groups (broad SMARTS) is 1. The summed E-state index contributed by atoms with van der Waals surface area (Å²) in [6.45, 7) is 0. The zero-order valence-electron chi connectivity index (χ0n) is 7.73. The Hall–Kier alpha value is -2.28. The molecule has 15 heavy (non-hydrogen) atoms. The molecule has 0 saturated heterocycles. The number of benzene rings is 1. The Morgan fingerprint density at radius 1 is 1.47 bits per heavy atom.